The average Bonchev–Trinajstić information content (AvgIpc) is 3.78. The van der Waals surface area contributed by atoms with Gasteiger partial charge < -0.3 is 16.4 Å². The Balaban J connectivity index is 0.000000144. The summed E-state index contributed by atoms with van der Waals surface area (Å²) in [6.45, 7) is 0. The van der Waals surface area contributed by atoms with Gasteiger partial charge in [0.15, 0.2) is 5.78 Å². The highest BCUT2D eigenvalue weighted by molar-refractivity contribution is 7.80. The van der Waals surface area contributed by atoms with Crippen LogP contribution in [0, 0.1) is 0 Å². The Bertz CT molecular complexity index is 1840. The van der Waals surface area contributed by atoms with Crippen molar-refractivity contribution in [1.82, 2.24) is 4.98 Å². The number of thiazole rings is 1. The minimum Gasteiger partial charge on any atom is -0.389 e. The van der Waals surface area contributed by atoms with Crippen LogP contribution < -0.4 is 16.4 Å². The first-order chi connectivity index (χ1) is 21.3. The maximum Gasteiger partial charge on any atom is 0.228 e. The molecule has 2 amide bonds. The number of nitrogens with two attached hydrogens (primary N) is 1. The molecule has 1 aromatic heterocycles. The lowest BCUT2D eigenvalue weighted by molar-refractivity contribution is -0.115. The molecule has 0 fully saturated rings. The van der Waals surface area contributed by atoms with E-state index in [1.54, 1.807) is 29.5 Å². The Kier molecular flexibility index (Phi) is 9.91. The van der Waals surface area contributed by atoms with E-state index in [2.05, 4.69) is 34.2 Å². The van der Waals surface area contributed by atoms with Gasteiger partial charge >= 0.3 is 0 Å². The van der Waals surface area contributed by atoms with Crippen LogP contribution in [0.4, 0.5) is 11.4 Å². The van der Waals surface area contributed by atoms with Gasteiger partial charge in [0.1, 0.15) is 10.00 Å². The molecule has 0 atom stereocenters. The molecule has 0 aliphatic carbocycles. The number of aromatic nitrogens is 1. The maximum absolute atomic E-state index is 11.4. The number of Topliss-reactive ketones (excluding diaryl/α,β-unsaturated/α-hetero) is 1. The molecular formula is C34H27ClN4O3S2. The Hall–Kier alpha value is -4.70. The van der Waals surface area contributed by atoms with E-state index in [0.717, 1.165) is 49.9 Å². The summed E-state index contributed by atoms with van der Waals surface area (Å²) in [5.41, 5.74) is 13.6. The SMILES string of the molecule is NC(=S)c1ccccc1.O=C1Cc2cc(-c3csc(-c4ccccc4)n3)ccc2N1.O=C1Cc2cc(C(=O)CCl)ccc2N1. The number of carbonyl (C=O) groups excluding carboxylic acids is 3. The zero-order chi connectivity index (χ0) is 31.1. The summed E-state index contributed by atoms with van der Waals surface area (Å²) in [7, 11) is 0. The van der Waals surface area contributed by atoms with Gasteiger partial charge in [-0.25, -0.2) is 4.98 Å². The fourth-order valence-electron chi connectivity index (χ4n) is 4.59. The van der Waals surface area contributed by atoms with Crippen LogP contribution in [0.2, 0.25) is 0 Å². The molecule has 2 aliphatic rings. The van der Waals surface area contributed by atoms with E-state index in [1.165, 1.54) is 0 Å². The minimum atomic E-state index is -0.117. The van der Waals surface area contributed by atoms with Gasteiger partial charge in [-0.15, -0.1) is 22.9 Å². The van der Waals surface area contributed by atoms with Crippen LogP contribution in [-0.4, -0.2) is 33.5 Å². The van der Waals surface area contributed by atoms with E-state index in [-0.39, 0.29) is 23.5 Å². The highest BCUT2D eigenvalue weighted by atomic mass is 35.5. The fourth-order valence-corrected chi connectivity index (χ4v) is 5.72. The van der Waals surface area contributed by atoms with Crippen LogP contribution >= 0.6 is 35.2 Å². The van der Waals surface area contributed by atoms with Gasteiger partial charge in [-0.3, -0.25) is 14.4 Å². The second kappa shape index (κ2) is 14.2. The number of amides is 2. The van der Waals surface area contributed by atoms with E-state index in [4.69, 9.17) is 34.5 Å². The highest BCUT2D eigenvalue weighted by Gasteiger charge is 2.19. The monoisotopic (exact) mass is 638 g/mol. The van der Waals surface area contributed by atoms with Crippen molar-refractivity contribution in [1.29, 1.82) is 0 Å². The molecule has 3 heterocycles. The Morgan fingerprint density at radius 3 is 1.98 bits per heavy atom. The molecule has 7 nitrogen and oxygen atoms in total. The van der Waals surface area contributed by atoms with Crippen molar-refractivity contribution in [2.75, 3.05) is 16.5 Å². The molecule has 4 N–H and O–H groups in total. The summed E-state index contributed by atoms with van der Waals surface area (Å²) in [4.78, 5) is 38.9. The van der Waals surface area contributed by atoms with Crippen LogP contribution in [0.25, 0.3) is 21.8 Å². The molecule has 0 radical (unpaired) electrons. The molecule has 0 saturated heterocycles. The first-order valence-electron chi connectivity index (χ1n) is 13.6. The lowest BCUT2D eigenvalue weighted by Crippen LogP contribution is -2.08. The van der Waals surface area contributed by atoms with Gasteiger partial charge in [-0.1, -0.05) is 78.9 Å². The molecule has 10 heteroatoms. The molecule has 7 rings (SSSR count). The van der Waals surface area contributed by atoms with Gasteiger partial charge in [-0.2, -0.15) is 0 Å². The molecule has 44 heavy (non-hydrogen) atoms. The molecule has 0 saturated carbocycles. The van der Waals surface area contributed by atoms with E-state index in [9.17, 15) is 14.4 Å². The minimum absolute atomic E-state index is 0.0276. The normalized spacial score (nSPS) is 12.4. The molecule has 0 bridgehead atoms. The number of alkyl halides is 1. The summed E-state index contributed by atoms with van der Waals surface area (Å²) in [6, 6.07) is 30.8. The Labute approximate surface area is 269 Å². The number of carbonyl (C=O) groups is 3. The second-order valence-electron chi connectivity index (χ2n) is 9.88. The topological polar surface area (TPSA) is 114 Å². The number of hydrogen-bond donors (Lipinski definition) is 3. The highest BCUT2D eigenvalue weighted by Crippen LogP contribution is 2.32. The van der Waals surface area contributed by atoms with Crippen molar-refractivity contribution in [3.8, 4) is 21.8 Å². The zero-order valence-corrected chi connectivity index (χ0v) is 25.8. The number of anilines is 2. The summed E-state index contributed by atoms with van der Waals surface area (Å²) in [5, 5.41) is 8.63. The third kappa shape index (κ3) is 7.62. The number of fused-ring (bicyclic) bond motifs is 2. The van der Waals surface area contributed by atoms with Gasteiger partial charge in [0.2, 0.25) is 11.8 Å². The third-order valence-corrected chi connectivity index (χ3v) is 8.15. The van der Waals surface area contributed by atoms with Crippen LogP contribution in [0.3, 0.4) is 0 Å². The first-order valence-corrected chi connectivity index (χ1v) is 15.4. The number of hydrogen-bond acceptors (Lipinski definition) is 6. The zero-order valence-electron chi connectivity index (χ0n) is 23.4. The van der Waals surface area contributed by atoms with E-state index < -0.39 is 0 Å². The molecule has 2 aliphatic heterocycles. The molecular weight excluding hydrogens is 612 g/mol. The van der Waals surface area contributed by atoms with Gasteiger partial charge in [0, 0.05) is 39.0 Å². The standard InChI is InChI=1S/C17H12N2OS.C10H8ClNO2.C7H7NS/c20-16-9-13-8-12(6-7-14(13)18-16)15-10-21-17(19-15)11-4-2-1-3-5-11;11-5-9(13)6-1-2-8-7(3-6)4-10(14)12-8;8-7(9)6-4-2-1-3-5-6/h1-8,10H,9H2,(H,18,20);1-3H,4-5H2,(H,12,14);1-5H,(H2,8,9). The predicted molar refractivity (Wildman–Crippen MR) is 181 cm³/mol. The third-order valence-electron chi connectivity index (χ3n) is 6.78. The molecule has 0 unspecified atom stereocenters. The Morgan fingerprint density at radius 2 is 1.39 bits per heavy atom. The van der Waals surface area contributed by atoms with Crippen molar-refractivity contribution >= 4 is 69.1 Å². The molecule has 5 aromatic rings. The Morgan fingerprint density at radius 1 is 0.795 bits per heavy atom. The number of benzene rings is 4. The smallest absolute Gasteiger partial charge is 0.228 e. The quantitative estimate of drug-likeness (QED) is 0.110. The van der Waals surface area contributed by atoms with Crippen LogP contribution in [-0.2, 0) is 22.4 Å². The lowest BCUT2D eigenvalue weighted by atomic mass is 10.1. The number of nitrogens with one attached hydrogen (secondary N) is 2. The fraction of sp³-hybridized carbons (Fsp3) is 0.0882. The summed E-state index contributed by atoms with van der Waals surface area (Å²) < 4.78 is 0. The van der Waals surface area contributed by atoms with Gasteiger partial charge in [0.25, 0.3) is 0 Å². The lowest BCUT2D eigenvalue weighted by Gasteiger charge is -2.01. The van der Waals surface area contributed by atoms with Crippen molar-refractivity contribution in [3.05, 3.63) is 125 Å². The second-order valence-corrected chi connectivity index (χ2v) is 11.4. The van der Waals surface area contributed by atoms with Crippen LogP contribution in [0.15, 0.2) is 102 Å². The number of ketones is 1. The maximum atomic E-state index is 11.4. The van der Waals surface area contributed by atoms with Gasteiger partial charge in [-0.05, 0) is 41.5 Å². The van der Waals surface area contributed by atoms with E-state index in [0.29, 0.717) is 23.4 Å². The van der Waals surface area contributed by atoms with E-state index >= 15 is 0 Å². The largest absolute Gasteiger partial charge is 0.389 e. The summed E-state index contributed by atoms with van der Waals surface area (Å²) >= 11 is 11.8. The number of halogens is 1. The molecule has 220 valence electrons. The average molecular weight is 639 g/mol. The summed E-state index contributed by atoms with van der Waals surface area (Å²) in [6.07, 6.45) is 0.803. The van der Waals surface area contributed by atoms with Crippen molar-refractivity contribution in [2.45, 2.75) is 12.8 Å². The number of thiocarbonyl (C=S) groups is 1. The van der Waals surface area contributed by atoms with Crippen molar-refractivity contribution in [3.63, 3.8) is 0 Å². The molecule has 0 spiro atoms. The van der Waals surface area contributed by atoms with Crippen molar-refractivity contribution < 1.29 is 14.4 Å². The number of rotatable bonds is 5. The summed E-state index contributed by atoms with van der Waals surface area (Å²) in [5.74, 6) is -0.116. The van der Waals surface area contributed by atoms with Crippen LogP contribution in [0.1, 0.15) is 27.0 Å². The van der Waals surface area contributed by atoms with Crippen molar-refractivity contribution in [2.24, 2.45) is 5.73 Å². The molecule has 4 aromatic carbocycles. The van der Waals surface area contributed by atoms with E-state index in [1.807, 2.05) is 60.7 Å². The van der Waals surface area contributed by atoms with Crippen LogP contribution in [0.5, 0.6) is 0 Å². The predicted octanol–water partition coefficient (Wildman–Crippen LogP) is 6.90. The number of nitrogens with zero attached hydrogens (tertiary/aromatic N) is 1. The first kappa shape index (κ1) is 30.7. The van der Waals surface area contributed by atoms with Gasteiger partial charge in [0.05, 0.1) is 24.4 Å².